The van der Waals surface area contributed by atoms with Gasteiger partial charge < -0.3 is 9.84 Å². The van der Waals surface area contributed by atoms with Crippen LogP contribution in [0.25, 0.3) is 0 Å². The molecule has 0 saturated carbocycles. The van der Waals surface area contributed by atoms with Crippen LogP contribution in [0.4, 0.5) is 22.0 Å². The molecule has 146 valence electrons. The van der Waals surface area contributed by atoms with E-state index in [0.29, 0.717) is 6.07 Å². The minimum absolute atomic E-state index is 0.0519. The third-order valence-electron chi connectivity index (χ3n) is 3.97. The number of aliphatic hydroxyl groups excluding tert-OH is 1. The van der Waals surface area contributed by atoms with E-state index in [1.807, 2.05) is 0 Å². The lowest BCUT2D eigenvalue weighted by Gasteiger charge is -2.16. The first-order valence-corrected chi connectivity index (χ1v) is 9.23. The normalized spacial score (nSPS) is 18.6. The van der Waals surface area contributed by atoms with Gasteiger partial charge in [-0.2, -0.15) is 8.78 Å². The fourth-order valence-corrected chi connectivity index (χ4v) is 4.01. The van der Waals surface area contributed by atoms with Gasteiger partial charge in [-0.3, -0.25) is 0 Å². The maximum Gasteiger partial charge on any atom is 0.341 e. The number of hydrogen-bond donors (Lipinski definition) is 1. The largest absolute Gasteiger partial charge is 0.457 e. The first-order chi connectivity index (χ1) is 12.4. The Bertz CT molecular complexity index is 990. The van der Waals surface area contributed by atoms with Gasteiger partial charge in [0.15, 0.2) is 0 Å². The fourth-order valence-electron chi connectivity index (χ4n) is 2.80. The van der Waals surface area contributed by atoms with Crippen LogP contribution in [0.1, 0.15) is 17.2 Å². The third kappa shape index (κ3) is 3.48. The molecule has 0 aromatic heterocycles. The standard InChI is InChI=1S/C16H10ClF5O4S/c17-7-3-8(18)5-9(4-7)26-11-1-2-12(27(24,25)15(19)20)13-10(11)6-16(21,22)14(13)23/h1-5,14-15,23H,6H2/t14-/m0/s1. The van der Waals surface area contributed by atoms with Crippen molar-refractivity contribution in [3.8, 4) is 11.5 Å². The number of fused-ring (bicyclic) bond motifs is 1. The Morgan fingerprint density at radius 2 is 1.89 bits per heavy atom. The quantitative estimate of drug-likeness (QED) is 0.729. The van der Waals surface area contributed by atoms with Crippen LogP contribution >= 0.6 is 11.6 Å². The Morgan fingerprint density at radius 3 is 2.48 bits per heavy atom. The highest BCUT2D eigenvalue weighted by atomic mass is 35.5. The minimum atomic E-state index is -5.25. The Hall–Kier alpha value is -1.91. The molecule has 4 nitrogen and oxygen atoms in total. The molecule has 11 heteroatoms. The highest BCUT2D eigenvalue weighted by Gasteiger charge is 2.51. The molecule has 0 unspecified atom stereocenters. The maximum absolute atomic E-state index is 14.0. The average Bonchev–Trinajstić information content (AvgIpc) is 2.77. The molecule has 0 fully saturated rings. The lowest BCUT2D eigenvalue weighted by Crippen LogP contribution is -2.23. The second kappa shape index (κ2) is 6.61. The van der Waals surface area contributed by atoms with Crippen LogP contribution in [-0.2, 0) is 16.3 Å². The van der Waals surface area contributed by atoms with Gasteiger partial charge >= 0.3 is 5.76 Å². The van der Waals surface area contributed by atoms with Crippen molar-refractivity contribution < 1.29 is 40.2 Å². The Balaban J connectivity index is 2.17. The zero-order valence-electron chi connectivity index (χ0n) is 13.1. The smallest absolute Gasteiger partial charge is 0.341 e. The Morgan fingerprint density at radius 1 is 1.22 bits per heavy atom. The van der Waals surface area contributed by atoms with Gasteiger partial charge in [-0.05, 0) is 24.3 Å². The average molecular weight is 429 g/mol. The van der Waals surface area contributed by atoms with E-state index in [2.05, 4.69) is 0 Å². The third-order valence-corrected chi connectivity index (χ3v) is 5.62. The summed E-state index contributed by atoms with van der Waals surface area (Å²) >= 11 is 5.68. The van der Waals surface area contributed by atoms with Gasteiger partial charge in [-0.25, -0.2) is 21.6 Å². The van der Waals surface area contributed by atoms with Gasteiger partial charge in [-0.15, -0.1) is 0 Å². The van der Waals surface area contributed by atoms with Gasteiger partial charge in [0.2, 0.25) is 9.84 Å². The van der Waals surface area contributed by atoms with Crippen LogP contribution in [0.3, 0.4) is 0 Å². The van der Waals surface area contributed by atoms with Crippen molar-refractivity contribution in [1.82, 2.24) is 0 Å². The molecule has 27 heavy (non-hydrogen) atoms. The number of hydrogen-bond acceptors (Lipinski definition) is 4. The van der Waals surface area contributed by atoms with Crippen LogP contribution in [0.5, 0.6) is 11.5 Å². The number of sulfone groups is 1. The van der Waals surface area contributed by atoms with Gasteiger partial charge in [0.05, 0.1) is 4.90 Å². The second-order valence-corrected chi connectivity index (χ2v) is 8.13. The summed E-state index contributed by atoms with van der Waals surface area (Å²) in [5.41, 5.74) is -1.32. The van der Waals surface area contributed by atoms with Gasteiger partial charge in [0, 0.05) is 28.6 Å². The van der Waals surface area contributed by atoms with Crippen molar-refractivity contribution in [3.05, 3.63) is 52.3 Å². The summed E-state index contributed by atoms with van der Waals surface area (Å²) in [6.45, 7) is 0. The number of ether oxygens (including phenoxy) is 1. The topological polar surface area (TPSA) is 63.6 Å². The number of rotatable bonds is 4. The molecular weight excluding hydrogens is 419 g/mol. The van der Waals surface area contributed by atoms with Crippen LogP contribution in [0.15, 0.2) is 35.2 Å². The van der Waals surface area contributed by atoms with Crippen LogP contribution in [-0.4, -0.2) is 25.2 Å². The Labute approximate surface area is 155 Å². The Kier molecular flexibility index (Phi) is 4.86. The van der Waals surface area contributed by atoms with Crippen molar-refractivity contribution in [2.24, 2.45) is 0 Å². The minimum Gasteiger partial charge on any atom is -0.457 e. The SMILES string of the molecule is O=S(=O)(c1ccc(Oc2cc(F)cc(Cl)c2)c2c1[C@H](O)C(F)(F)C2)C(F)F. The summed E-state index contributed by atoms with van der Waals surface area (Å²) in [4.78, 5) is -1.11. The van der Waals surface area contributed by atoms with E-state index in [1.54, 1.807) is 0 Å². The van der Waals surface area contributed by atoms with E-state index >= 15 is 0 Å². The summed E-state index contributed by atoms with van der Waals surface area (Å²) < 4.78 is 96.0. The monoisotopic (exact) mass is 428 g/mol. The van der Waals surface area contributed by atoms with Gasteiger partial charge in [0.1, 0.15) is 23.4 Å². The van der Waals surface area contributed by atoms with Gasteiger partial charge in [0.25, 0.3) is 5.92 Å². The van der Waals surface area contributed by atoms with Crippen molar-refractivity contribution in [3.63, 3.8) is 0 Å². The van der Waals surface area contributed by atoms with Crippen molar-refractivity contribution in [1.29, 1.82) is 0 Å². The molecule has 1 atom stereocenters. The van der Waals surface area contributed by atoms with E-state index in [0.717, 1.165) is 18.2 Å². The molecule has 0 saturated heterocycles. The van der Waals surface area contributed by atoms with Crippen LogP contribution in [0, 0.1) is 5.82 Å². The fraction of sp³-hybridized carbons (Fsp3) is 0.250. The number of aliphatic hydroxyl groups is 1. The zero-order chi connectivity index (χ0) is 20.1. The van der Waals surface area contributed by atoms with Crippen LogP contribution < -0.4 is 4.74 Å². The van der Waals surface area contributed by atoms with E-state index < -0.39 is 55.9 Å². The predicted octanol–water partition coefficient (Wildman–Crippen LogP) is 4.49. The second-order valence-electron chi connectivity index (χ2n) is 5.81. The molecule has 0 spiro atoms. The number of benzene rings is 2. The van der Waals surface area contributed by atoms with E-state index in [-0.39, 0.29) is 16.5 Å². The first-order valence-electron chi connectivity index (χ1n) is 7.31. The van der Waals surface area contributed by atoms with E-state index in [4.69, 9.17) is 16.3 Å². The van der Waals surface area contributed by atoms with E-state index in [1.165, 1.54) is 6.07 Å². The summed E-state index contributed by atoms with van der Waals surface area (Å²) in [5, 5.41) is 9.77. The highest BCUT2D eigenvalue weighted by molar-refractivity contribution is 7.91. The van der Waals surface area contributed by atoms with Crippen LogP contribution in [0.2, 0.25) is 5.02 Å². The molecule has 3 rings (SSSR count). The molecule has 0 heterocycles. The molecule has 0 aliphatic heterocycles. The van der Waals surface area contributed by atoms with E-state index in [9.17, 15) is 35.5 Å². The van der Waals surface area contributed by atoms with Crippen molar-refractivity contribution >= 4 is 21.4 Å². The zero-order valence-corrected chi connectivity index (χ0v) is 14.7. The molecular formula is C16H10ClF5O4S. The summed E-state index contributed by atoms with van der Waals surface area (Å²) in [6.07, 6.45) is -3.76. The van der Waals surface area contributed by atoms with Gasteiger partial charge in [-0.1, -0.05) is 11.6 Å². The molecule has 2 aromatic carbocycles. The van der Waals surface area contributed by atoms with Crippen molar-refractivity contribution in [2.45, 2.75) is 29.1 Å². The number of halogens is 6. The highest BCUT2D eigenvalue weighted by Crippen LogP contribution is 2.50. The lowest BCUT2D eigenvalue weighted by molar-refractivity contribution is -0.0976. The lowest BCUT2D eigenvalue weighted by atomic mass is 10.1. The molecule has 0 bridgehead atoms. The molecule has 2 aromatic rings. The molecule has 0 amide bonds. The van der Waals surface area contributed by atoms with Crippen molar-refractivity contribution in [2.75, 3.05) is 0 Å². The molecule has 1 N–H and O–H groups in total. The summed E-state index contributed by atoms with van der Waals surface area (Å²) in [6, 6.07) is 4.56. The maximum atomic E-state index is 14.0. The molecule has 1 aliphatic rings. The molecule has 1 aliphatic carbocycles. The first kappa shape index (κ1) is 19.8. The summed E-state index contributed by atoms with van der Waals surface area (Å²) in [7, 11) is -5.25. The summed E-state index contributed by atoms with van der Waals surface area (Å²) in [5.74, 6) is -8.96. The molecule has 0 radical (unpaired) electrons. The predicted molar refractivity (Wildman–Crippen MR) is 84.7 cm³/mol. The number of alkyl halides is 4.